The van der Waals surface area contributed by atoms with Crippen LogP contribution in [0.1, 0.15) is 357 Å². The second-order valence-corrected chi connectivity index (χ2v) is 30.3. The van der Waals surface area contributed by atoms with Crippen LogP contribution in [-0.2, 0) is 65.4 Å². The van der Waals surface area contributed by atoms with E-state index in [-0.39, 0.29) is 25.7 Å². The Bertz CT molecular complexity index is 1800. The Kier molecular flexibility index (Phi) is 60.3. The molecule has 0 aliphatic heterocycles. The molecule has 17 nitrogen and oxygen atoms in total. The van der Waals surface area contributed by atoms with Crippen LogP contribution in [0.2, 0.25) is 0 Å². The van der Waals surface area contributed by atoms with Gasteiger partial charge in [-0.1, -0.05) is 306 Å². The molecule has 0 bridgehead atoms. The summed E-state index contributed by atoms with van der Waals surface area (Å²) >= 11 is 0. The van der Waals surface area contributed by atoms with Crippen LogP contribution in [0.25, 0.3) is 0 Å². The minimum atomic E-state index is -4.95. The third-order valence-electron chi connectivity index (χ3n) is 17.3. The number of aliphatic hydroxyl groups excluding tert-OH is 1. The molecular formula is C72H140O17P2. The van der Waals surface area contributed by atoms with Gasteiger partial charge in [0.15, 0.2) is 12.2 Å². The molecule has 0 saturated heterocycles. The summed E-state index contributed by atoms with van der Waals surface area (Å²) in [6, 6.07) is 0. The molecule has 0 aromatic heterocycles. The average Bonchev–Trinajstić information content (AvgIpc) is 3.73. The predicted molar refractivity (Wildman–Crippen MR) is 367 cm³/mol. The minimum Gasteiger partial charge on any atom is -0.462 e. The van der Waals surface area contributed by atoms with Crippen molar-refractivity contribution >= 4 is 39.5 Å². The second kappa shape index (κ2) is 61.6. The zero-order valence-electron chi connectivity index (χ0n) is 59.5. The van der Waals surface area contributed by atoms with Gasteiger partial charge in [-0.3, -0.25) is 37.3 Å². The van der Waals surface area contributed by atoms with E-state index in [0.29, 0.717) is 25.7 Å². The molecule has 0 rings (SSSR count). The highest BCUT2D eigenvalue weighted by atomic mass is 31.2. The molecule has 0 saturated carbocycles. The van der Waals surface area contributed by atoms with E-state index in [9.17, 15) is 43.2 Å². The Hall–Kier alpha value is -1.94. The predicted octanol–water partition coefficient (Wildman–Crippen LogP) is 20.5. The van der Waals surface area contributed by atoms with E-state index in [4.69, 9.17) is 37.0 Å². The topological polar surface area (TPSA) is 237 Å². The number of unbranched alkanes of at least 4 members (excludes halogenated alkanes) is 33. The van der Waals surface area contributed by atoms with Gasteiger partial charge in [0, 0.05) is 25.7 Å². The summed E-state index contributed by atoms with van der Waals surface area (Å²) in [5.74, 6) is 0.927. The minimum absolute atomic E-state index is 0.105. The Labute approximate surface area is 556 Å². The lowest BCUT2D eigenvalue weighted by Gasteiger charge is -2.21. The number of carbonyl (C=O) groups excluding carboxylic acids is 4. The molecule has 0 aliphatic carbocycles. The Morgan fingerprint density at radius 2 is 0.527 bits per heavy atom. The van der Waals surface area contributed by atoms with Gasteiger partial charge in [-0.05, 0) is 49.4 Å². The Morgan fingerprint density at radius 1 is 0.308 bits per heavy atom. The van der Waals surface area contributed by atoms with Gasteiger partial charge >= 0.3 is 39.5 Å². The Morgan fingerprint density at radius 3 is 0.780 bits per heavy atom. The van der Waals surface area contributed by atoms with Gasteiger partial charge in [0.2, 0.25) is 0 Å². The van der Waals surface area contributed by atoms with Crippen LogP contribution in [0.15, 0.2) is 0 Å². The van der Waals surface area contributed by atoms with E-state index in [2.05, 4.69) is 55.4 Å². The van der Waals surface area contributed by atoms with Crippen molar-refractivity contribution < 1.29 is 80.2 Å². The molecule has 0 aromatic rings. The first kappa shape index (κ1) is 89.1. The van der Waals surface area contributed by atoms with Crippen molar-refractivity contribution in [3.8, 4) is 0 Å². The molecule has 91 heavy (non-hydrogen) atoms. The van der Waals surface area contributed by atoms with E-state index >= 15 is 0 Å². The maximum absolute atomic E-state index is 13.0. The van der Waals surface area contributed by atoms with Crippen LogP contribution in [0, 0.1) is 23.7 Å². The maximum atomic E-state index is 13.0. The molecule has 0 fully saturated rings. The molecule has 19 heteroatoms. The molecule has 0 aromatic carbocycles. The largest absolute Gasteiger partial charge is 0.472 e. The zero-order chi connectivity index (χ0) is 67.5. The quantitative estimate of drug-likeness (QED) is 0.0222. The summed E-state index contributed by atoms with van der Waals surface area (Å²) < 4.78 is 68.4. The number of phosphoric acid groups is 2. The van der Waals surface area contributed by atoms with Crippen molar-refractivity contribution in [2.24, 2.45) is 23.7 Å². The molecule has 540 valence electrons. The van der Waals surface area contributed by atoms with Crippen LogP contribution in [0.5, 0.6) is 0 Å². The van der Waals surface area contributed by atoms with Gasteiger partial charge in [-0.15, -0.1) is 0 Å². The number of aliphatic hydroxyl groups is 1. The molecule has 4 unspecified atom stereocenters. The normalized spacial score (nSPS) is 14.8. The SMILES string of the molecule is CCC(C)CCCCCCCCCCCCC(=O)O[C@H](COC(=O)CCCCCCCCCCCC(C)C)COP(=O)(O)OC[C@@H](O)COP(=O)(O)OC[C@@H](COC(=O)CCCCCCCCC(C)CC)OC(=O)CCCCCCCCCCCCCCC(C)C. The molecule has 0 heterocycles. The van der Waals surface area contributed by atoms with Crippen LogP contribution < -0.4 is 0 Å². The summed E-state index contributed by atoms with van der Waals surface area (Å²) in [6.07, 6.45) is 44.3. The number of carbonyl (C=O) groups is 4. The fourth-order valence-corrected chi connectivity index (χ4v) is 12.4. The van der Waals surface area contributed by atoms with Crippen molar-refractivity contribution in [1.82, 2.24) is 0 Å². The summed E-state index contributed by atoms with van der Waals surface area (Å²) in [5.41, 5.74) is 0. The highest BCUT2D eigenvalue weighted by molar-refractivity contribution is 7.47. The molecule has 3 N–H and O–H groups in total. The van der Waals surface area contributed by atoms with Crippen molar-refractivity contribution in [3.05, 3.63) is 0 Å². The highest BCUT2D eigenvalue weighted by Gasteiger charge is 2.30. The fourth-order valence-electron chi connectivity index (χ4n) is 10.8. The third kappa shape index (κ3) is 63.9. The average molecular weight is 1340 g/mol. The molecule has 0 spiro atoms. The van der Waals surface area contributed by atoms with Crippen molar-refractivity contribution in [3.63, 3.8) is 0 Å². The number of rotatable bonds is 69. The van der Waals surface area contributed by atoms with Crippen molar-refractivity contribution in [1.29, 1.82) is 0 Å². The lowest BCUT2D eigenvalue weighted by Crippen LogP contribution is -2.30. The lowest BCUT2D eigenvalue weighted by atomic mass is 9.99. The van der Waals surface area contributed by atoms with E-state index in [0.717, 1.165) is 120 Å². The first-order valence-corrected chi connectivity index (χ1v) is 40.3. The summed E-state index contributed by atoms with van der Waals surface area (Å²) in [7, 11) is -9.91. The molecular weight excluding hydrogens is 1200 g/mol. The molecule has 0 aliphatic rings. The first-order valence-electron chi connectivity index (χ1n) is 37.3. The molecule has 0 amide bonds. The van der Waals surface area contributed by atoms with Gasteiger partial charge in [0.1, 0.15) is 19.3 Å². The monoisotopic (exact) mass is 1340 g/mol. The van der Waals surface area contributed by atoms with Gasteiger partial charge < -0.3 is 33.8 Å². The number of hydrogen-bond acceptors (Lipinski definition) is 15. The molecule has 7 atom stereocenters. The Balaban J connectivity index is 5.27. The van der Waals surface area contributed by atoms with Crippen molar-refractivity contribution in [2.75, 3.05) is 39.6 Å². The summed E-state index contributed by atoms with van der Waals surface area (Å²) in [6.45, 7) is 14.1. The van der Waals surface area contributed by atoms with E-state index < -0.39 is 97.5 Å². The number of esters is 4. The lowest BCUT2D eigenvalue weighted by molar-refractivity contribution is -0.161. The van der Waals surface area contributed by atoms with E-state index in [1.54, 1.807) is 0 Å². The van der Waals surface area contributed by atoms with Gasteiger partial charge in [0.05, 0.1) is 26.4 Å². The summed E-state index contributed by atoms with van der Waals surface area (Å²) in [5, 5.41) is 10.6. The van der Waals surface area contributed by atoms with Crippen LogP contribution >= 0.6 is 15.6 Å². The summed E-state index contributed by atoms with van der Waals surface area (Å²) in [4.78, 5) is 72.6. The standard InChI is InChI=1S/C72H140O17P2/c1-9-64(7)50-42-34-26-20-15-16-22-29-39-47-55-72(77)88-67(58-82-69(74)52-44-36-27-23-17-19-25-33-41-49-63(5)6)60-86-90(78,79)84-56-66(73)57-85-91(80,81)87-61-68(59-83-70(75)53-45-37-31-30-35-43-51-65(8)10-2)89-71(76)54-46-38-28-21-14-12-11-13-18-24-32-40-48-62(3)4/h62-68,73H,9-61H2,1-8H3,(H,78,79)(H,80,81)/t64?,65?,66-,67-,68-/m1/s1. The van der Waals surface area contributed by atoms with Gasteiger partial charge in [-0.2, -0.15) is 0 Å². The number of ether oxygens (including phenoxy) is 4. The zero-order valence-corrected chi connectivity index (χ0v) is 61.3. The van der Waals surface area contributed by atoms with Gasteiger partial charge in [-0.25, -0.2) is 9.13 Å². The van der Waals surface area contributed by atoms with Crippen LogP contribution in [-0.4, -0.2) is 96.7 Å². The highest BCUT2D eigenvalue weighted by Crippen LogP contribution is 2.45. The van der Waals surface area contributed by atoms with E-state index in [1.807, 2.05) is 0 Å². The second-order valence-electron chi connectivity index (χ2n) is 27.4. The van der Waals surface area contributed by atoms with Crippen LogP contribution in [0.3, 0.4) is 0 Å². The number of hydrogen-bond donors (Lipinski definition) is 3. The fraction of sp³-hybridized carbons (Fsp3) is 0.944. The van der Waals surface area contributed by atoms with E-state index in [1.165, 1.54) is 154 Å². The smallest absolute Gasteiger partial charge is 0.462 e. The third-order valence-corrected chi connectivity index (χ3v) is 19.2. The maximum Gasteiger partial charge on any atom is 0.472 e. The number of phosphoric ester groups is 2. The van der Waals surface area contributed by atoms with Crippen molar-refractivity contribution in [2.45, 2.75) is 375 Å². The molecule has 0 radical (unpaired) electrons. The van der Waals surface area contributed by atoms with Gasteiger partial charge in [0.25, 0.3) is 0 Å². The van der Waals surface area contributed by atoms with Crippen LogP contribution in [0.4, 0.5) is 0 Å². The first-order chi connectivity index (χ1) is 43.7.